The second kappa shape index (κ2) is 9.03. The number of carbonyl (C=O) groups is 3. The normalized spacial score (nSPS) is 13.9. The van der Waals surface area contributed by atoms with Crippen molar-refractivity contribution in [2.75, 3.05) is 19.6 Å². The predicted octanol–water partition coefficient (Wildman–Crippen LogP) is 4.24. The van der Waals surface area contributed by atoms with Gasteiger partial charge in [0.1, 0.15) is 5.75 Å². The van der Waals surface area contributed by atoms with Crippen LogP contribution in [0.25, 0.3) is 0 Å². The van der Waals surface area contributed by atoms with Crippen molar-refractivity contribution in [2.45, 2.75) is 39.7 Å². The summed E-state index contributed by atoms with van der Waals surface area (Å²) in [6.07, 6.45) is 4.27. The number of aromatic nitrogens is 1. The number of nitrogens with zero attached hydrogens (tertiary/aromatic N) is 2. The number of benzene rings is 2. The summed E-state index contributed by atoms with van der Waals surface area (Å²) in [5, 5.41) is 0. The summed E-state index contributed by atoms with van der Waals surface area (Å²) in [5.41, 5.74) is 4.59. The van der Waals surface area contributed by atoms with Crippen LogP contribution in [0, 0.1) is 0 Å². The van der Waals surface area contributed by atoms with Gasteiger partial charge in [-0.1, -0.05) is 50.2 Å². The summed E-state index contributed by atoms with van der Waals surface area (Å²) in [6, 6.07) is 13.1. The molecule has 2 aliphatic rings. The Bertz CT molecular complexity index is 1300. The lowest BCUT2D eigenvalue weighted by Gasteiger charge is -2.22. The van der Waals surface area contributed by atoms with Gasteiger partial charge in [-0.2, -0.15) is 0 Å². The lowest BCUT2D eigenvalue weighted by Crippen LogP contribution is -2.34. The molecule has 0 radical (unpaired) electrons. The molecule has 6 nitrogen and oxygen atoms in total. The molecule has 174 valence electrons. The topological polar surface area (TPSA) is 68.6 Å². The van der Waals surface area contributed by atoms with Crippen molar-refractivity contribution in [1.29, 1.82) is 0 Å². The Morgan fingerprint density at radius 3 is 2.35 bits per heavy atom. The summed E-state index contributed by atoms with van der Waals surface area (Å²) in [5.74, 6) is -0.716. The van der Waals surface area contributed by atoms with Crippen LogP contribution in [0.3, 0.4) is 0 Å². The van der Waals surface area contributed by atoms with Crippen molar-refractivity contribution >= 4 is 17.5 Å². The first kappa shape index (κ1) is 22.3. The molecule has 0 saturated carbocycles. The molecule has 0 fully saturated rings. The van der Waals surface area contributed by atoms with E-state index >= 15 is 0 Å². The van der Waals surface area contributed by atoms with E-state index in [4.69, 9.17) is 4.74 Å². The van der Waals surface area contributed by atoms with Gasteiger partial charge in [0.25, 0.3) is 0 Å². The highest BCUT2D eigenvalue weighted by Crippen LogP contribution is 2.38. The van der Waals surface area contributed by atoms with Crippen LogP contribution < -0.4 is 4.74 Å². The SMILES string of the molecule is CCCN(CCC)CC(=O)Oc1cccc2c1C(=O)c1cn3c(c1C2=O)Cc1ccccc1C3. The molecule has 1 aromatic heterocycles. The van der Waals surface area contributed by atoms with Crippen LogP contribution in [0.4, 0.5) is 0 Å². The quantitative estimate of drug-likeness (QED) is 0.271. The number of rotatable bonds is 7. The molecule has 2 aromatic carbocycles. The van der Waals surface area contributed by atoms with Crippen LogP contribution in [0.15, 0.2) is 48.7 Å². The average Bonchev–Trinajstić information content (AvgIpc) is 3.20. The van der Waals surface area contributed by atoms with Crippen molar-refractivity contribution in [2.24, 2.45) is 0 Å². The lowest BCUT2D eigenvalue weighted by atomic mass is 9.83. The molecule has 34 heavy (non-hydrogen) atoms. The summed E-state index contributed by atoms with van der Waals surface area (Å²) in [7, 11) is 0. The number of carbonyl (C=O) groups excluding carboxylic acids is 3. The molecule has 0 spiro atoms. The highest BCUT2D eigenvalue weighted by atomic mass is 16.5. The number of ether oxygens (including phenoxy) is 1. The van der Waals surface area contributed by atoms with E-state index in [1.807, 2.05) is 21.6 Å². The van der Waals surface area contributed by atoms with Gasteiger partial charge in [0, 0.05) is 30.4 Å². The number of hydrogen-bond donors (Lipinski definition) is 0. The van der Waals surface area contributed by atoms with Crippen molar-refractivity contribution in [1.82, 2.24) is 9.47 Å². The highest BCUT2D eigenvalue weighted by Gasteiger charge is 2.37. The monoisotopic (exact) mass is 456 g/mol. The van der Waals surface area contributed by atoms with Gasteiger partial charge in [-0.3, -0.25) is 19.3 Å². The summed E-state index contributed by atoms with van der Waals surface area (Å²) < 4.78 is 7.67. The molecule has 0 amide bonds. The molecule has 0 bridgehead atoms. The molecule has 6 heteroatoms. The second-order valence-corrected chi connectivity index (χ2v) is 9.03. The fourth-order valence-electron chi connectivity index (χ4n) is 5.15. The van der Waals surface area contributed by atoms with Crippen LogP contribution >= 0.6 is 0 Å². The van der Waals surface area contributed by atoms with E-state index in [0.29, 0.717) is 29.7 Å². The first-order valence-electron chi connectivity index (χ1n) is 12.0. The minimum atomic E-state index is -0.423. The van der Waals surface area contributed by atoms with Crippen molar-refractivity contribution in [3.05, 3.63) is 87.7 Å². The van der Waals surface area contributed by atoms with Gasteiger partial charge >= 0.3 is 5.97 Å². The maximum Gasteiger partial charge on any atom is 0.325 e. The highest BCUT2D eigenvalue weighted by molar-refractivity contribution is 6.30. The van der Waals surface area contributed by atoms with Gasteiger partial charge < -0.3 is 9.30 Å². The summed E-state index contributed by atoms with van der Waals surface area (Å²) >= 11 is 0. The maximum absolute atomic E-state index is 13.6. The summed E-state index contributed by atoms with van der Waals surface area (Å²) in [6.45, 7) is 6.52. The zero-order chi connectivity index (χ0) is 23.8. The molecule has 1 aliphatic carbocycles. The van der Waals surface area contributed by atoms with Crippen LogP contribution in [-0.4, -0.2) is 46.6 Å². The van der Waals surface area contributed by atoms with Crippen LogP contribution in [0.2, 0.25) is 0 Å². The number of ketones is 2. The third kappa shape index (κ3) is 3.78. The van der Waals surface area contributed by atoms with Crippen LogP contribution in [0.1, 0.15) is 75.4 Å². The van der Waals surface area contributed by atoms with E-state index in [1.165, 1.54) is 11.1 Å². The predicted molar refractivity (Wildman–Crippen MR) is 129 cm³/mol. The zero-order valence-electron chi connectivity index (χ0n) is 19.6. The Morgan fingerprint density at radius 1 is 0.912 bits per heavy atom. The summed E-state index contributed by atoms with van der Waals surface area (Å²) in [4.78, 5) is 41.9. The fourth-order valence-corrected chi connectivity index (χ4v) is 5.15. The molecule has 0 atom stereocenters. The molecule has 5 rings (SSSR count). The third-order valence-electron chi connectivity index (χ3n) is 6.63. The van der Waals surface area contributed by atoms with Gasteiger partial charge in [0.2, 0.25) is 0 Å². The van der Waals surface area contributed by atoms with Crippen LogP contribution in [0.5, 0.6) is 5.75 Å². The Balaban J connectivity index is 1.47. The maximum atomic E-state index is 13.6. The van der Waals surface area contributed by atoms with E-state index in [1.54, 1.807) is 24.4 Å². The largest absolute Gasteiger partial charge is 0.425 e. The van der Waals surface area contributed by atoms with Gasteiger partial charge in [-0.05, 0) is 43.1 Å². The van der Waals surface area contributed by atoms with Crippen molar-refractivity contribution < 1.29 is 19.1 Å². The molecule has 0 unspecified atom stereocenters. The fraction of sp³-hybridized carbons (Fsp3) is 0.321. The second-order valence-electron chi connectivity index (χ2n) is 9.03. The lowest BCUT2D eigenvalue weighted by molar-refractivity contribution is -0.135. The molecule has 0 N–H and O–H groups in total. The third-order valence-corrected chi connectivity index (χ3v) is 6.63. The first-order chi connectivity index (χ1) is 16.5. The van der Waals surface area contributed by atoms with E-state index < -0.39 is 5.97 Å². The van der Waals surface area contributed by atoms with E-state index in [0.717, 1.165) is 31.6 Å². The zero-order valence-corrected chi connectivity index (χ0v) is 19.6. The first-order valence-corrected chi connectivity index (χ1v) is 12.0. The molecule has 1 aliphatic heterocycles. The Hall–Kier alpha value is -3.51. The number of hydrogen-bond acceptors (Lipinski definition) is 5. The minimum Gasteiger partial charge on any atom is -0.425 e. The molecule has 3 aromatic rings. The Morgan fingerprint density at radius 2 is 1.62 bits per heavy atom. The molecular formula is C28H28N2O4. The Kier molecular flexibility index (Phi) is 5.92. The van der Waals surface area contributed by atoms with Gasteiger partial charge in [0.05, 0.1) is 23.2 Å². The van der Waals surface area contributed by atoms with E-state index in [9.17, 15) is 14.4 Å². The van der Waals surface area contributed by atoms with Gasteiger partial charge in [-0.15, -0.1) is 0 Å². The minimum absolute atomic E-state index is 0.150. The van der Waals surface area contributed by atoms with Gasteiger partial charge in [0.15, 0.2) is 11.6 Å². The van der Waals surface area contributed by atoms with E-state index in [2.05, 4.69) is 26.0 Å². The number of fused-ring (bicyclic) bond motifs is 5. The average molecular weight is 457 g/mol. The molecule has 2 heterocycles. The number of esters is 1. The van der Waals surface area contributed by atoms with Gasteiger partial charge in [-0.25, -0.2) is 0 Å². The molecule has 0 saturated heterocycles. The smallest absolute Gasteiger partial charge is 0.325 e. The van der Waals surface area contributed by atoms with Crippen molar-refractivity contribution in [3.63, 3.8) is 0 Å². The van der Waals surface area contributed by atoms with Crippen molar-refractivity contribution in [3.8, 4) is 5.75 Å². The van der Waals surface area contributed by atoms with Crippen LogP contribution in [-0.2, 0) is 17.8 Å². The standard InChI is InChI=1S/C28H28N2O4/c1-3-12-29(13-4-2)17-24(31)34-23-11-7-10-20-26(23)28(33)21-16-30-15-19-9-6-5-8-18(19)14-22(30)25(21)27(20)32/h5-11,16H,3-4,12-15,17H2,1-2H3. The Labute approximate surface area is 199 Å². The molecular weight excluding hydrogens is 428 g/mol. The van der Waals surface area contributed by atoms with E-state index in [-0.39, 0.29) is 29.4 Å².